The molecule has 0 aliphatic heterocycles. The zero-order valence-electron chi connectivity index (χ0n) is 10.2. The fraction of sp³-hybridized carbons (Fsp3) is 0.231. The molecule has 100 valence electrons. The molecule has 0 amide bonds. The van der Waals surface area contributed by atoms with E-state index in [0.717, 1.165) is 12.1 Å². The van der Waals surface area contributed by atoms with Crippen LogP contribution in [0.2, 0.25) is 0 Å². The van der Waals surface area contributed by atoms with Crippen LogP contribution in [0.25, 0.3) is 10.9 Å². The van der Waals surface area contributed by atoms with Crippen molar-refractivity contribution >= 4 is 22.5 Å². The van der Waals surface area contributed by atoms with Crippen LogP contribution in [0.15, 0.2) is 18.2 Å². The van der Waals surface area contributed by atoms with Gasteiger partial charge in [0.25, 0.3) is 0 Å². The standard InChI is InChI=1S/C13H10F3NO2/c1-6(18)11-9-4-3-8(13(14,15)16)5-10(9)17-12(11)7(2)19/h3-5,17H,1-2H3. The quantitative estimate of drug-likeness (QED) is 0.847. The van der Waals surface area contributed by atoms with Gasteiger partial charge in [-0.3, -0.25) is 9.59 Å². The number of hydrogen-bond donors (Lipinski definition) is 1. The van der Waals surface area contributed by atoms with Crippen LogP contribution >= 0.6 is 0 Å². The lowest BCUT2D eigenvalue weighted by atomic mass is 10.0. The predicted octanol–water partition coefficient (Wildman–Crippen LogP) is 3.59. The Kier molecular flexibility index (Phi) is 2.96. The molecular formula is C13H10F3NO2. The highest BCUT2D eigenvalue weighted by molar-refractivity contribution is 6.15. The van der Waals surface area contributed by atoms with Crippen LogP contribution in [-0.2, 0) is 6.18 Å². The second kappa shape index (κ2) is 4.22. The molecule has 0 unspecified atom stereocenters. The minimum Gasteiger partial charge on any atom is -0.351 e. The summed E-state index contributed by atoms with van der Waals surface area (Å²) in [6, 6.07) is 3.00. The van der Waals surface area contributed by atoms with E-state index in [9.17, 15) is 22.8 Å². The van der Waals surface area contributed by atoms with Gasteiger partial charge in [-0.05, 0) is 19.1 Å². The summed E-state index contributed by atoms with van der Waals surface area (Å²) in [6.45, 7) is 2.52. The van der Waals surface area contributed by atoms with Crippen molar-refractivity contribution in [2.75, 3.05) is 0 Å². The molecule has 1 aromatic carbocycles. The summed E-state index contributed by atoms with van der Waals surface area (Å²) in [5.74, 6) is -0.758. The molecule has 0 bridgehead atoms. The van der Waals surface area contributed by atoms with Crippen molar-refractivity contribution in [3.63, 3.8) is 0 Å². The molecule has 0 aliphatic rings. The largest absolute Gasteiger partial charge is 0.416 e. The number of fused-ring (bicyclic) bond motifs is 1. The summed E-state index contributed by atoms with van der Waals surface area (Å²) in [5, 5.41) is 0.325. The number of aromatic amines is 1. The number of nitrogens with one attached hydrogen (secondary N) is 1. The van der Waals surface area contributed by atoms with E-state index in [1.54, 1.807) is 0 Å². The monoisotopic (exact) mass is 269 g/mol. The number of carbonyl (C=O) groups excluding carboxylic acids is 2. The maximum Gasteiger partial charge on any atom is 0.416 e. The van der Waals surface area contributed by atoms with Crippen molar-refractivity contribution in [1.29, 1.82) is 0 Å². The molecule has 0 atom stereocenters. The lowest BCUT2D eigenvalue weighted by Gasteiger charge is -2.05. The molecule has 3 nitrogen and oxygen atoms in total. The van der Waals surface area contributed by atoms with Crippen molar-refractivity contribution in [3.8, 4) is 0 Å². The number of benzene rings is 1. The molecule has 0 saturated carbocycles. The van der Waals surface area contributed by atoms with Gasteiger partial charge in [0.15, 0.2) is 11.6 Å². The van der Waals surface area contributed by atoms with Crippen LogP contribution in [0.3, 0.4) is 0 Å². The van der Waals surface area contributed by atoms with Gasteiger partial charge in [0.1, 0.15) is 0 Å². The number of halogens is 3. The van der Waals surface area contributed by atoms with E-state index >= 15 is 0 Å². The highest BCUT2D eigenvalue weighted by Crippen LogP contribution is 2.33. The fourth-order valence-corrected chi connectivity index (χ4v) is 2.00. The Morgan fingerprint density at radius 1 is 1.11 bits per heavy atom. The lowest BCUT2D eigenvalue weighted by molar-refractivity contribution is -0.137. The van der Waals surface area contributed by atoms with Gasteiger partial charge in [-0.1, -0.05) is 6.07 Å². The first-order valence-corrected chi connectivity index (χ1v) is 5.46. The van der Waals surface area contributed by atoms with Gasteiger partial charge in [-0.2, -0.15) is 13.2 Å². The molecule has 19 heavy (non-hydrogen) atoms. The molecule has 0 aliphatic carbocycles. The summed E-state index contributed by atoms with van der Waals surface area (Å²) in [4.78, 5) is 25.5. The number of hydrogen-bond acceptors (Lipinski definition) is 2. The van der Waals surface area contributed by atoms with Crippen molar-refractivity contribution < 1.29 is 22.8 Å². The number of rotatable bonds is 2. The number of aromatic nitrogens is 1. The molecule has 0 saturated heterocycles. The third-order valence-corrected chi connectivity index (χ3v) is 2.83. The first-order chi connectivity index (χ1) is 8.71. The number of Topliss-reactive ketones (excluding diaryl/α,β-unsaturated/α-hetero) is 2. The van der Waals surface area contributed by atoms with Crippen LogP contribution in [0.1, 0.15) is 40.3 Å². The summed E-state index contributed by atoms with van der Waals surface area (Å²) in [7, 11) is 0. The van der Waals surface area contributed by atoms with E-state index in [2.05, 4.69) is 4.98 Å². The first-order valence-electron chi connectivity index (χ1n) is 5.46. The maximum absolute atomic E-state index is 12.6. The molecule has 0 radical (unpaired) electrons. The van der Waals surface area contributed by atoms with Gasteiger partial charge in [0, 0.05) is 17.8 Å². The second-order valence-corrected chi connectivity index (χ2v) is 4.25. The molecule has 1 heterocycles. The van der Waals surface area contributed by atoms with E-state index in [1.807, 2.05) is 0 Å². The van der Waals surface area contributed by atoms with E-state index in [-0.39, 0.29) is 22.6 Å². The Morgan fingerprint density at radius 2 is 1.74 bits per heavy atom. The Hall–Kier alpha value is -2.11. The van der Waals surface area contributed by atoms with Crippen LogP contribution in [0, 0.1) is 0 Å². The normalized spacial score (nSPS) is 11.8. The first kappa shape index (κ1) is 13.3. The minimum absolute atomic E-state index is 0.0434. The Bertz CT molecular complexity index is 683. The Balaban J connectivity index is 2.77. The van der Waals surface area contributed by atoms with Crippen LogP contribution in [0.4, 0.5) is 13.2 Å². The van der Waals surface area contributed by atoms with Gasteiger partial charge in [-0.15, -0.1) is 0 Å². The van der Waals surface area contributed by atoms with Gasteiger partial charge in [-0.25, -0.2) is 0 Å². The van der Waals surface area contributed by atoms with Gasteiger partial charge < -0.3 is 4.98 Å². The van der Waals surface area contributed by atoms with Crippen LogP contribution < -0.4 is 0 Å². The van der Waals surface area contributed by atoms with Gasteiger partial charge in [0.05, 0.1) is 16.8 Å². The smallest absolute Gasteiger partial charge is 0.351 e. The highest BCUT2D eigenvalue weighted by atomic mass is 19.4. The van der Waals surface area contributed by atoms with Gasteiger partial charge >= 0.3 is 6.18 Å². The number of H-pyrrole nitrogens is 1. The minimum atomic E-state index is -4.47. The number of carbonyl (C=O) groups is 2. The summed E-state index contributed by atoms with van der Waals surface area (Å²) >= 11 is 0. The summed E-state index contributed by atoms with van der Waals surface area (Å²) in [6.07, 6.45) is -4.47. The van der Waals surface area contributed by atoms with Gasteiger partial charge in [0.2, 0.25) is 0 Å². The molecule has 6 heteroatoms. The molecular weight excluding hydrogens is 259 g/mol. The van der Waals surface area contributed by atoms with Crippen molar-refractivity contribution in [2.24, 2.45) is 0 Å². The second-order valence-electron chi connectivity index (χ2n) is 4.25. The third-order valence-electron chi connectivity index (χ3n) is 2.83. The molecule has 1 N–H and O–H groups in total. The topological polar surface area (TPSA) is 49.9 Å². The van der Waals surface area contributed by atoms with Crippen LogP contribution in [0.5, 0.6) is 0 Å². The average Bonchev–Trinajstić information content (AvgIpc) is 2.65. The van der Waals surface area contributed by atoms with Crippen molar-refractivity contribution in [3.05, 3.63) is 35.0 Å². The van der Waals surface area contributed by atoms with E-state index in [0.29, 0.717) is 5.39 Å². The summed E-state index contributed by atoms with van der Waals surface area (Å²) in [5.41, 5.74) is -0.519. The van der Waals surface area contributed by atoms with Crippen molar-refractivity contribution in [2.45, 2.75) is 20.0 Å². The number of ketones is 2. The molecule has 2 rings (SSSR count). The Labute approximate surface area is 106 Å². The highest BCUT2D eigenvalue weighted by Gasteiger charge is 2.31. The fourth-order valence-electron chi connectivity index (χ4n) is 2.00. The lowest BCUT2D eigenvalue weighted by Crippen LogP contribution is -2.04. The predicted molar refractivity (Wildman–Crippen MR) is 63.3 cm³/mol. The molecule has 2 aromatic rings. The maximum atomic E-state index is 12.6. The molecule has 0 spiro atoms. The van der Waals surface area contributed by atoms with E-state index in [1.165, 1.54) is 19.9 Å². The average molecular weight is 269 g/mol. The third kappa shape index (κ3) is 2.25. The van der Waals surface area contributed by atoms with Crippen LogP contribution in [-0.4, -0.2) is 16.6 Å². The Morgan fingerprint density at radius 3 is 2.21 bits per heavy atom. The molecule has 0 fully saturated rings. The van der Waals surface area contributed by atoms with E-state index in [4.69, 9.17) is 0 Å². The molecule has 1 aromatic heterocycles. The zero-order valence-corrected chi connectivity index (χ0v) is 10.2. The SMILES string of the molecule is CC(=O)c1[nH]c2cc(C(F)(F)F)ccc2c1C(C)=O. The zero-order chi connectivity index (χ0) is 14.4. The number of alkyl halides is 3. The van der Waals surface area contributed by atoms with Crippen molar-refractivity contribution in [1.82, 2.24) is 4.98 Å². The van der Waals surface area contributed by atoms with E-state index < -0.39 is 17.5 Å². The summed E-state index contributed by atoms with van der Waals surface area (Å²) < 4.78 is 37.8.